The molecule has 5 aromatic carbocycles. The van der Waals surface area contributed by atoms with E-state index in [1.165, 1.54) is 54.2 Å². The Labute approximate surface area is 141 Å². The average molecular weight is 306 g/mol. The number of aryl methyl sites for hydroxylation is 2. The van der Waals surface area contributed by atoms with Crippen molar-refractivity contribution in [1.82, 2.24) is 0 Å². The summed E-state index contributed by atoms with van der Waals surface area (Å²) in [5, 5.41) is 10.7. The summed E-state index contributed by atoms with van der Waals surface area (Å²) in [4.78, 5) is 0. The van der Waals surface area contributed by atoms with E-state index in [1.54, 1.807) is 0 Å². The van der Waals surface area contributed by atoms with Gasteiger partial charge in [-0.3, -0.25) is 0 Å². The highest BCUT2D eigenvalue weighted by Gasteiger charge is 2.07. The van der Waals surface area contributed by atoms with Gasteiger partial charge in [0.05, 0.1) is 0 Å². The first-order valence-electron chi connectivity index (χ1n) is 8.46. The lowest BCUT2D eigenvalue weighted by molar-refractivity contribution is 1.38. The summed E-state index contributed by atoms with van der Waals surface area (Å²) >= 11 is 0. The largest absolute Gasteiger partial charge is 0.0616 e. The molecule has 0 aromatic heterocycles. The van der Waals surface area contributed by atoms with E-state index in [0.717, 1.165) is 0 Å². The maximum atomic E-state index is 2.38. The highest BCUT2D eigenvalue weighted by Crippen LogP contribution is 2.34. The van der Waals surface area contributed by atoms with Crippen LogP contribution in [0.5, 0.6) is 0 Å². The van der Waals surface area contributed by atoms with Crippen LogP contribution in [0.25, 0.3) is 43.1 Å². The van der Waals surface area contributed by atoms with E-state index in [2.05, 4.69) is 86.6 Å². The second-order valence-corrected chi connectivity index (χ2v) is 6.75. The molecule has 0 spiro atoms. The van der Waals surface area contributed by atoms with Gasteiger partial charge in [0.1, 0.15) is 0 Å². The van der Waals surface area contributed by atoms with E-state index >= 15 is 0 Å². The van der Waals surface area contributed by atoms with Crippen LogP contribution in [0.15, 0.2) is 72.8 Å². The van der Waals surface area contributed by atoms with Crippen LogP contribution < -0.4 is 0 Å². The first-order valence-corrected chi connectivity index (χ1v) is 8.46. The van der Waals surface area contributed by atoms with Crippen molar-refractivity contribution in [2.45, 2.75) is 13.8 Å². The topological polar surface area (TPSA) is 0 Å². The van der Waals surface area contributed by atoms with E-state index in [-0.39, 0.29) is 0 Å². The summed E-state index contributed by atoms with van der Waals surface area (Å²) in [6.07, 6.45) is 0. The Bertz CT molecular complexity index is 1260. The molecule has 0 bridgehead atoms. The summed E-state index contributed by atoms with van der Waals surface area (Å²) in [5.74, 6) is 0. The van der Waals surface area contributed by atoms with Gasteiger partial charge >= 0.3 is 0 Å². The molecule has 0 aliphatic heterocycles. The summed E-state index contributed by atoms with van der Waals surface area (Å²) in [7, 11) is 0. The van der Waals surface area contributed by atoms with E-state index in [4.69, 9.17) is 0 Å². The summed E-state index contributed by atoms with van der Waals surface area (Å²) < 4.78 is 0. The van der Waals surface area contributed by atoms with Crippen molar-refractivity contribution in [1.29, 1.82) is 0 Å². The summed E-state index contributed by atoms with van der Waals surface area (Å²) in [6, 6.07) is 26.9. The molecule has 0 amide bonds. The maximum Gasteiger partial charge on any atom is -0.00987 e. The van der Waals surface area contributed by atoms with Gasteiger partial charge in [-0.15, -0.1) is 0 Å². The highest BCUT2D eigenvalue weighted by atomic mass is 14.1. The summed E-state index contributed by atoms with van der Waals surface area (Å²) in [6.45, 7) is 4.42. The predicted molar refractivity (Wildman–Crippen MR) is 106 cm³/mol. The molecule has 0 aliphatic carbocycles. The van der Waals surface area contributed by atoms with Crippen molar-refractivity contribution in [3.63, 3.8) is 0 Å². The van der Waals surface area contributed by atoms with Crippen LogP contribution in [0.2, 0.25) is 0 Å². The van der Waals surface area contributed by atoms with Crippen molar-refractivity contribution in [2.75, 3.05) is 0 Å². The Morgan fingerprint density at radius 1 is 0.458 bits per heavy atom. The zero-order chi connectivity index (χ0) is 16.3. The van der Waals surface area contributed by atoms with Gasteiger partial charge in [-0.1, -0.05) is 60.7 Å². The minimum absolute atomic E-state index is 1.30. The quantitative estimate of drug-likeness (QED) is 0.215. The lowest BCUT2D eigenvalue weighted by Gasteiger charge is -2.11. The Kier molecular flexibility index (Phi) is 2.72. The molecule has 24 heavy (non-hydrogen) atoms. The van der Waals surface area contributed by atoms with Crippen molar-refractivity contribution in [3.05, 3.63) is 83.9 Å². The van der Waals surface area contributed by atoms with Gasteiger partial charge in [-0.05, 0) is 80.2 Å². The molecule has 0 saturated carbocycles. The van der Waals surface area contributed by atoms with Crippen LogP contribution in [0.4, 0.5) is 0 Å². The van der Waals surface area contributed by atoms with Gasteiger partial charge in [-0.2, -0.15) is 0 Å². The molecule has 0 saturated heterocycles. The fourth-order valence-electron chi connectivity index (χ4n) is 3.90. The Hall–Kier alpha value is -2.86. The zero-order valence-corrected chi connectivity index (χ0v) is 13.9. The number of hydrogen-bond donors (Lipinski definition) is 0. The monoisotopic (exact) mass is 306 g/mol. The smallest absolute Gasteiger partial charge is 0.00987 e. The lowest BCUT2D eigenvalue weighted by Crippen LogP contribution is -1.86. The number of hydrogen-bond acceptors (Lipinski definition) is 0. The first kappa shape index (κ1) is 13.6. The molecular formula is C24H18. The van der Waals surface area contributed by atoms with Gasteiger partial charge < -0.3 is 0 Å². The molecule has 0 N–H and O–H groups in total. The second-order valence-electron chi connectivity index (χ2n) is 6.75. The minimum Gasteiger partial charge on any atom is -0.0616 e. The molecule has 0 atom stereocenters. The second kappa shape index (κ2) is 4.82. The Balaban J connectivity index is 2.01. The van der Waals surface area contributed by atoms with Crippen LogP contribution in [-0.4, -0.2) is 0 Å². The van der Waals surface area contributed by atoms with E-state index < -0.39 is 0 Å². The van der Waals surface area contributed by atoms with E-state index in [9.17, 15) is 0 Å². The third-order valence-electron chi connectivity index (χ3n) is 5.42. The van der Waals surface area contributed by atoms with Crippen molar-refractivity contribution in [2.24, 2.45) is 0 Å². The van der Waals surface area contributed by atoms with E-state index in [1.807, 2.05) is 0 Å². The van der Waals surface area contributed by atoms with Gasteiger partial charge in [0.2, 0.25) is 0 Å². The molecule has 0 aliphatic rings. The van der Waals surface area contributed by atoms with Crippen LogP contribution in [0.1, 0.15) is 11.1 Å². The van der Waals surface area contributed by atoms with Crippen LogP contribution in [0, 0.1) is 13.8 Å². The molecule has 0 nitrogen and oxygen atoms in total. The molecule has 0 unspecified atom stereocenters. The Morgan fingerprint density at radius 3 is 2.00 bits per heavy atom. The SMILES string of the molecule is Cc1ccc2cc3ccc4c5ccccc5ccc4c3cc2c1C. The van der Waals surface area contributed by atoms with Crippen molar-refractivity contribution in [3.8, 4) is 0 Å². The molecule has 5 rings (SSSR count). The predicted octanol–water partition coefficient (Wildman–Crippen LogP) is 6.92. The molecular weight excluding hydrogens is 288 g/mol. The minimum atomic E-state index is 1.30. The fourth-order valence-corrected chi connectivity index (χ4v) is 3.90. The van der Waals surface area contributed by atoms with Crippen molar-refractivity contribution < 1.29 is 0 Å². The summed E-state index contributed by atoms with van der Waals surface area (Å²) in [5.41, 5.74) is 2.74. The molecule has 0 radical (unpaired) electrons. The lowest BCUT2D eigenvalue weighted by atomic mass is 9.93. The normalized spacial score (nSPS) is 11.8. The third-order valence-corrected chi connectivity index (χ3v) is 5.42. The van der Waals surface area contributed by atoms with E-state index in [0.29, 0.717) is 0 Å². The first-order chi connectivity index (χ1) is 11.7. The van der Waals surface area contributed by atoms with Crippen LogP contribution >= 0.6 is 0 Å². The van der Waals surface area contributed by atoms with Gasteiger partial charge in [-0.25, -0.2) is 0 Å². The number of benzene rings is 5. The zero-order valence-electron chi connectivity index (χ0n) is 13.9. The van der Waals surface area contributed by atoms with Crippen molar-refractivity contribution >= 4 is 43.1 Å². The van der Waals surface area contributed by atoms with Crippen LogP contribution in [-0.2, 0) is 0 Å². The fraction of sp³-hybridized carbons (Fsp3) is 0.0833. The molecule has 0 heteroatoms. The average Bonchev–Trinajstić information content (AvgIpc) is 2.63. The standard InChI is InChI=1S/C24H18/c1-15-7-8-18-13-19-10-12-21-20-6-4-3-5-17(20)9-11-22(21)24(19)14-23(18)16(15)2/h3-14H,1-2H3. The van der Waals surface area contributed by atoms with Crippen LogP contribution in [0.3, 0.4) is 0 Å². The van der Waals surface area contributed by atoms with Gasteiger partial charge in [0.25, 0.3) is 0 Å². The number of fused-ring (bicyclic) bond motifs is 6. The molecule has 0 heterocycles. The highest BCUT2D eigenvalue weighted by molar-refractivity contribution is 6.19. The third kappa shape index (κ3) is 1.80. The van der Waals surface area contributed by atoms with Gasteiger partial charge in [0.15, 0.2) is 0 Å². The Morgan fingerprint density at radius 2 is 1.12 bits per heavy atom. The maximum absolute atomic E-state index is 2.38. The molecule has 0 fully saturated rings. The molecule has 5 aromatic rings. The molecule has 114 valence electrons. The number of rotatable bonds is 0. The van der Waals surface area contributed by atoms with Gasteiger partial charge in [0, 0.05) is 0 Å².